The van der Waals surface area contributed by atoms with Gasteiger partial charge in [0.05, 0.1) is 23.0 Å². The molecular formula is C30H22O10. The minimum atomic E-state index is -2.09. The fourth-order valence-corrected chi connectivity index (χ4v) is 7.90. The maximum Gasteiger partial charge on any atom is 0.262 e. The van der Waals surface area contributed by atoms with Crippen LogP contribution >= 0.6 is 0 Å². The monoisotopic (exact) mass is 542 g/mol. The number of phenols is 2. The van der Waals surface area contributed by atoms with Crippen molar-refractivity contribution in [3.63, 3.8) is 0 Å². The normalized spacial score (nSPS) is 31.6. The van der Waals surface area contributed by atoms with Gasteiger partial charge in [0.2, 0.25) is 0 Å². The predicted octanol–water partition coefficient (Wildman–Crippen LogP) is 3.34. The standard InChI is InChI=1S/C30H22O10/c1-7-15-25-23-19-13(39-29(25,35)9(3)37-7)6-12(32)18-22(19)24-20-14(5-11(31)17(21(20)23)27(15)33)40-30(36)10(4)38-8(2)16(26(24)30)28(18)34/h5-10,33-36H,1-4H3. The fraction of sp³-hybridized carbons (Fsp3) is 0.333. The Morgan fingerprint density at radius 3 is 1.35 bits per heavy atom. The number of hydrogen-bond donors (Lipinski definition) is 4. The van der Waals surface area contributed by atoms with Crippen molar-refractivity contribution in [3.05, 3.63) is 54.8 Å². The Balaban J connectivity index is 1.73. The summed E-state index contributed by atoms with van der Waals surface area (Å²) in [5.41, 5.74) is -0.233. The number of rotatable bonds is 0. The third-order valence-corrected chi connectivity index (χ3v) is 9.51. The Bertz CT molecular complexity index is 2030. The van der Waals surface area contributed by atoms with E-state index in [1.54, 1.807) is 27.7 Å². The van der Waals surface area contributed by atoms with Gasteiger partial charge in [0.1, 0.15) is 35.2 Å². The predicted molar refractivity (Wildman–Crippen MR) is 142 cm³/mol. The van der Waals surface area contributed by atoms with E-state index < -0.39 is 46.8 Å². The molecule has 4 aliphatic rings. The number of aliphatic hydroxyl groups is 2. The number of benzene rings is 5. The maximum absolute atomic E-state index is 13.7. The molecule has 0 radical (unpaired) electrons. The van der Waals surface area contributed by atoms with Crippen LogP contribution in [0.5, 0.6) is 23.0 Å². The zero-order valence-electron chi connectivity index (χ0n) is 21.7. The van der Waals surface area contributed by atoms with E-state index in [2.05, 4.69) is 0 Å². The van der Waals surface area contributed by atoms with Crippen molar-refractivity contribution in [1.29, 1.82) is 0 Å². The van der Waals surface area contributed by atoms with Crippen molar-refractivity contribution in [1.82, 2.24) is 0 Å². The van der Waals surface area contributed by atoms with Crippen LogP contribution in [0.1, 0.15) is 62.2 Å². The lowest BCUT2D eigenvalue weighted by molar-refractivity contribution is -0.247. The molecule has 0 saturated carbocycles. The summed E-state index contributed by atoms with van der Waals surface area (Å²) in [6, 6.07) is 2.41. The second-order valence-corrected chi connectivity index (χ2v) is 11.5. The van der Waals surface area contributed by atoms with E-state index in [9.17, 15) is 30.0 Å². The number of hydrogen-bond acceptors (Lipinski definition) is 10. The molecule has 10 heteroatoms. The number of aromatic hydroxyl groups is 2. The SMILES string of the molecule is CC1OC(C)C2(O)Oc3cc(=O)c4c(O)c5c6c7c8c(cc(=O)c9c(O)c1c2c(c3c47)c98)OC6(O)C(C)OC5C. The molecule has 9 rings (SSSR count). The molecule has 0 aromatic heterocycles. The van der Waals surface area contributed by atoms with E-state index in [1.165, 1.54) is 12.1 Å². The van der Waals surface area contributed by atoms with Crippen LogP contribution in [0.4, 0.5) is 0 Å². The van der Waals surface area contributed by atoms with Crippen LogP contribution in [0.2, 0.25) is 0 Å². The number of ether oxygens (including phenoxy) is 4. The van der Waals surface area contributed by atoms with Gasteiger partial charge in [-0.3, -0.25) is 9.59 Å². The van der Waals surface area contributed by atoms with Crippen LogP contribution in [-0.2, 0) is 21.0 Å². The van der Waals surface area contributed by atoms with Gasteiger partial charge in [0.25, 0.3) is 11.6 Å². The molecular weight excluding hydrogens is 520 g/mol. The first-order chi connectivity index (χ1) is 18.9. The highest BCUT2D eigenvalue weighted by Gasteiger charge is 2.56. The van der Waals surface area contributed by atoms with Crippen molar-refractivity contribution in [2.45, 2.75) is 63.7 Å². The Morgan fingerprint density at radius 2 is 0.975 bits per heavy atom. The van der Waals surface area contributed by atoms with Gasteiger partial charge in [0.15, 0.2) is 10.9 Å². The molecule has 6 unspecified atom stereocenters. The lowest BCUT2D eigenvalue weighted by Gasteiger charge is -2.47. The molecule has 0 spiro atoms. The summed E-state index contributed by atoms with van der Waals surface area (Å²) in [6.45, 7) is 6.67. The van der Waals surface area contributed by atoms with Gasteiger partial charge in [-0.2, -0.15) is 0 Å². The molecule has 0 saturated heterocycles. The summed E-state index contributed by atoms with van der Waals surface area (Å²) in [7, 11) is 0. The van der Waals surface area contributed by atoms with Crippen LogP contribution < -0.4 is 20.3 Å². The molecule has 4 heterocycles. The third kappa shape index (κ3) is 2.07. The molecule has 0 aliphatic carbocycles. The van der Waals surface area contributed by atoms with E-state index in [0.717, 1.165) is 0 Å². The average Bonchev–Trinajstić information content (AvgIpc) is 2.86. The molecule has 6 atom stereocenters. The number of phenolic OH excluding ortho intramolecular Hbond substituents is 2. The van der Waals surface area contributed by atoms with E-state index in [0.29, 0.717) is 32.3 Å². The first-order valence-electron chi connectivity index (χ1n) is 13.2. The zero-order chi connectivity index (χ0) is 27.9. The van der Waals surface area contributed by atoms with Gasteiger partial charge in [-0.25, -0.2) is 0 Å². The molecule has 0 amide bonds. The Hall–Kier alpha value is -3.96. The van der Waals surface area contributed by atoms with Crippen molar-refractivity contribution in [2.75, 3.05) is 0 Å². The summed E-state index contributed by atoms with van der Waals surface area (Å²) in [4.78, 5) is 27.4. The van der Waals surface area contributed by atoms with Gasteiger partial charge in [0, 0.05) is 66.7 Å². The van der Waals surface area contributed by atoms with Crippen molar-refractivity contribution in [2.24, 2.45) is 0 Å². The van der Waals surface area contributed by atoms with Gasteiger partial charge >= 0.3 is 0 Å². The molecule has 0 bridgehead atoms. The molecule has 5 aromatic rings. The summed E-state index contributed by atoms with van der Waals surface area (Å²) < 4.78 is 24.2. The highest BCUT2D eigenvalue weighted by molar-refractivity contribution is 6.38. The molecule has 5 aromatic carbocycles. The topological polar surface area (TPSA) is 152 Å². The second-order valence-electron chi connectivity index (χ2n) is 11.5. The lowest BCUT2D eigenvalue weighted by Crippen LogP contribution is -2.51. The Morgan fingerprint density at radius 1 is 0.600 bits per heavy atom. The van der Waals surface area contributed by atoms with E-state index in [-0.39, 0.29) is 56.0 Å². The van der Waals surface area contributed by atoms with Crippen LogP contribution in [0.15, 0.2) is 21.7 Å². The largest absolute Gasteiger partial charge is 0.507 e. The first-order valence-corrected chi connectivity index (χ1v) is 13.2. The Labute approximate surface area is 224 Å². The van der Waals surface area contributed by atoms with Crippen LogP contribution in [0.25, 0.3) is 43.1 Å². The van der Waals surface area contributed by atoms with Gasteiger partial charge in [-0.1, -0.05) is 0 Å². The van der Waals surface area contributed by atoms with E-state index >= 15 is 0 Å². The third-order valence-electron chi connectivity index (χ3n) is 9.51. The molecule has 0 fully saturated rings. The fourth-order valence-electron chi connectivity index (χ4n) is 7.90. The van der Waals surface area contributed by atoms with Crippen LogP contribution in [-0.4, -0.2) is 32.6 Å². The highest BCUT2D eigenvalue weighted by atomic mass is 16.7. The summed E-state index contributed by atoms with van der Waals surface area (Å²) >= 11 is 0. The summed E-state index contributed by atoms with van der Waals surface area (Å²) in [5, 5.41) is 49.4. The highest BCUT2D eigenvalue weighted by Crippen LogP contribution is 2.63. The van der Waals surface area contributed by atoms with Crippen molar-refractivity contribution in [3.8, 4) is 23.0 Å². The quantitative estimate of drug-likeness (QED) is 0.169. The van der Waals surface area contributed by atoms with Gasteiger partial charge in [-0.15, -0.1) is 0 Å². The molecule has 4 aliphatic heterocycles. The van der Waals surface area contributed by atoms with Crippen molar-refractivity contribution >= 4 is 43.1 Å². The summed E-state index contributed by atoms with van der Waals surface area (Å²) in [5.74, 6) is -4.80. The minimum absolute atomic E-state index is 0.00160. The van der Waals surface area contributed by atoms with Gasteiger partial charge < -0.3 is 39.4 Å². The second kappa shape index (κ2) is 6.34. The Kier molecular flexibility index (Phi) is 3.61. The van der Waals surface area contributed by atoms with Crippen LogP contribution in [0.3, 0.4) is 0 Å². The summed E-state index contributed by atoms with van der Waals surface area (Å²) in [6.07, 6.45) is -3.24. The zero-order valence-corrected chi connectivity index (χ0v) is 21.7. The molecule has 10 nitrogen and oxygen atoms in total. The molecule has 40 heavy (non-hydrogen) atoms. The van der Waals surface area contributed by atoms with E-state index in [4.69, 9.17) is 18.9 Å². The van der Waals surface area contributed by atoms with Gasteiger partial charge in [-0.05, 0) is 27.7 Å². The lowest BCUT2D eigenvalue weighted by atomic mass is 9.74. The molecule has 202 valence electrons. The van der Waals surface area contributed by atoms with Crippen molar-refractivity contribution < 1.29 is 39.4 Å². The average molecular weight is 542 g/mol. The molecule has 4 N–H and O–H groups in total. The van der Waals surface area contributed by atoms with E-state index in [1.807, 2.05) is 0 Å². The minimum Gasteiger partial charge on any atom is -0.507 e. The van der Waals surface area contributed by atoms with Crippen LogP contribution in [0, 0.1) is 0 Å². The maximum atomic E-state index is 13.7. The first kappa shape index (κ1) is 22.8. The smallest absolute Gasteiger partial charge is 0.262 e.